The molecule has 2 amide bonds. The molecular weight excluding hydrogens is 266 g/mol. The predicted molar refractivity (Wildman–Crippen MR) is 58.8 cm³/mol. The van der Waals surface area contributed by atoms with E-state index in [1.165, 1.54) is 0 Å². The molecule has 7 nitrogen and oxygen atoms in total. The lowest BCUT2D eigenvalue weighted by molar-refractivity contribution is -0.141. The number of aliphatic hydroxyl groups excluding tert-OH is 2. The van der Waals surface area contributed by atoms with E-state index < -0.39 is 43.7 Å². The molecule has 1 fully saturated rings. The van der Waals surface area contributed by atoms with Gasteiger partial charge in [-0.15, -0.1) is 0 Å². The highest BCUT2D eigenvalue weighted by Crippen LogP contribution is 2.20. The number of β-amino-alcohol motifs (C(OH)–C–C–N with tert-alkyl or cyclic N) is 1. The zero-order chi connectivity index (χ0) is 14.6. The van der Waals surface area contributed by atoms with Crippen LogP contribution in [-0.4, -0.2) is 81.9 Å². The lowest BCUT2D eigenvalue weighted by Crippen LogP contribution is -2.50. The van der Waals surface area contributed by atoms with Crippen LogP contribution in [0.25, 0.3) is 0 Å². The summed E-state index contributed by atoms with van der Waals surface area (Å²) in [6.45, 7) is -1.94. The van der Waals surface area contributed by atoms with E-state index in [1.54, 1.807) is 0 Å². The second kappa shape index (κ2) is 6.62. The first-order chi connectivity index (χ1) is 8.86. The molecule has 0 radical (unpaired) electrons. The molecule has 19 heavy (non-hydrogen) atoms. The van der Waals surface area contributed by atoms with Crippen molar-refractivity contribution in [2.24, 2.45) is 0 Å². The van der Waals surface area contributed by atoms with Crippen LogP contribution in [0, 0.1) is 0 Å². The number of nitrogens with zero attached hydrogens (tertiary/aromatic N) is 2. The Kier molecular flexibility index (Phi) is 5.43. The zero-order valence-electron chi connectivity index (χ0n) is 10.1. The summed E-state index contributed by atoms with van der Waals surface area (Å²) in [7, 11) is 0. The third kappa shape index (κ3) is 4.00. The average Bonchev–Trinajstić information content (AvgIpc) is 2.69. The first kappa shape index (κ1) is 15.6. The summed E-state index contributed by atoms with van der Waals surface area (Å²) < 4.78 is 24.7. The number of carbonyl (C=O) groups is 2. The molecule has 1 saturated heterocycles. The SMILES string of the molecule is O=C(O)[C@@H]1CC(O)CN1C(=O)N(CCO)CC(F)F. The Balaban J connectivity index is 2.79. The fraction of sp³-hybridized carbons (Fsp3) is 0.800. The second-order valence-corrected chi connectivity index (χ2v) is 4.24. The molecule has 110 valence electrons. The lowest BCUT2D eigenvalue weighted by Gasteiger charge is -2.29. The molecule has 0 aromatic rings. The summed E-state index contributed by atoms with van der Waals surface area (Å²) in [5, 5.41) is 27.1. The van der Waals surface area contributed by atoms with Crippen LogP contribution < -0.4 is 0 Å². The molecule has 0 bridgehead atoms. The third-order valence-electron chi connectivity index (χ3n) is 2.81. The number of aliphatic carboxylic acids is 1. The van der Waals surface area contributed by atoms with E-state index in [9.17, 15) is 23.5 Å². The number of carbonyl (C=O) groups excluding carboxylic acids is 1. The van der Waals surface area contributed by atoms with Crippen molar-refractivity contribution in [2.45, 2.75) is 25.0 Å². The van der Waals surface area contributed by atoms with Crippen LogP contribution in [0.15, 0.2) is 0 Å². The molecule has 0 saturated carbocycles. The van der Waals surface area contributed by atoms with Crippen molar-refractivity contribution in [3.8, 4) is 0 Å². The van der Waals surface area contributed by atoms with Crippen molar-refractivity contribution in [2.75, 3.05) is 26.2 Å². The minimum atomic E-state index is -2.79. The first-order valence-corrected chi connectivity index (χ1v) is 5.72. The van der Waals surface area contributed by atoms with Gasteiger partial charge in [0, 0.05) is 19.5 Å². The van der Waals surface area contributed by atoms with E-state index in [2.05, 4.69) is 0 Å². The molecule has 2 atom stereocenters. The highest BCUT2D eigenvalue weighted by Gasteiger charge is 2.40. The van der Waals surface area contributed by atoms with Gasteiger partial charge in [0.1, 0.15) is 6.04 Å². The number of urea groups is 1. The van der Waals surface area contributed by atoms with E-state index in [0.717, 1.165) is 4.90 Å². The van der Waals surface area contributed by atoms with Gasteiger partial charge in [-0.2, -0.15) is 0 Å². The molecule has 0 spiro atoms. The fourth-order valence-electron chi connectivity index (χ4n) is 1.99. The monoisotopic (exact) mass is 282 g/mol. The molecule has 1 heterocycles. The molecule has 0 aliphatic carbocycles. The Morgan fingerprint density at radius 1 is 1.42 bits per heavy atom. The summed E-state index contributed by atoms with van der Waals surface area (Å²) in [6, 6.07) is -2.15. The van der Waals surface area contributed by atoms with E-state index in [0.29, 0.717) is 4.90 Å². The third-order valence-corrected chi connectivity index (χ3v) is 2.81. The van der Waals surface area contributed by atoms with Crippen LogP contribution in [0.3, 0.4) is 0 Å². The first-order valence-electron chi connectivity index (χ1n) is 5.72. The normalized spacial score (nSPS) is 22.9. The summed E-state index contributed by atoms with van der Waals surface area (Å²) in [6.07, 6.45) is -3.92. The molecular formula is C10H16F2N2O5. The number of aliphatic hydroxyl groups is 2. The molecule has 1 unspecified atom stereocenters. The van der Waals surface area contributed by atoms with Crippen LogP contribution in [0.1, 0.15) is 6.42 Å². The van der Waals surface area contributed by atoms with Crippen molar-refractivity contribution >= 4 is 12.0 Å². The summed E-state index contributed by atoms with van der Waals surface area (Å²) in [5.74, 6) is -1.30. The van der Waals surface area contributed by atoms with Crippen molar-refractivity contribution in [1.29, 1.82) is 0 Å². The Bertz CT molecular complexity index is 342. The van der Waals surface area contributed by atoms with Gasteiger partial charge in [0.15, 0.2) is 0 Å². The minimum absolute atomic E-state index is 0.136. The number of likely N-dealkylation sites (tertiary alicyclic amines) is 1. The van der Waals surface area contributed by atoms with Crippen molar-refractivity contribution in [3.63, 3.8) is 0 Å². The van der Waals surface area contributed by atoms with Crippen molar-refractivity contribution in [1.82, 2.24) is 9.80 Å². The summed E-state index contributed by atoms with van der Waals surface area (Å²) in [4.78, 5) is 24.4. The number of carboxylic acids is 1. The quantitative estimate of drug-likeness (QED) is 0.612. The largest absolute Gasteiger partial charge is 0.480 e. The number of hydrogen-bond donors (Lipinski definition) is 3. The smallest absolute Gasteiger partial charge is 0.326 e. The van der Waals surface area contributed by atoms with Crippen LogP contribution in [-0.2, 0) is 4.79 Å². The number of alkyl halides is 2. The fourth-order valence-corrected chi connectivity index (χ4v) is 1.99. The molecule has 9 heteroatoms. The minimum Gasteiger partial charge on any atom is -0.480 e. The standard InChI is InChI=1S/C10H16F2N2O5/c11-8(12)5-13(1-2-15)10(19)14-4-6(16)3-7(14)9(17)18/h6-8,15-16H,1-5H2,(H,17,18)/t6?,7-/m0/s1. The Hall–Kier alpha value is -1.48. The second-order valence-electron chi connectivity index (χ2n) is 4.24. The van der Waals surface area contributed by atoms with Gasteiger partial charge in [-0.05, 0) is 0 Å². The molecule has 3 N–H and O–H groups in total. The van der Waals surface area contributed by atoms with Crippen molar-refractivity contribution in [3.05, 3.63) is 0 Å². The molecule has 0 aromatic heterocycles. The van der Waals surface area contributed by atoms with Gasteiger partial charge in [0.25, 0.3) is 6.43 Å². The highest BCUT2D eigenvalue weighted by molar-refractivity contribution is 5.83. The van der Waals surface area contributed by atoms with Gasteiger partial charge in [0.05, 0.1) is 19.3 Å². The highest BCUT2D eigenvalue weighted by atomic mass is 19.3. The van der Waals surface area contributed by atoms with E-state index >= 15 is 0 Å². The number of amides is 2. The maximum absolute atomic E-state index is 12.3. The number of hydrogen-bond acceptors (Lipinski definition) is 4. The number of rotatable bonds is 5. The van der Waals surface area contributed by atoms with Gasteiger partial charge in [-0.1, -0.05) is 0 Å². The van der Waals surface area contributed by atoms with Crippen LogP contribution in [0.2, 0.25) is 0 Å². The predicted octanol–water partition coefficient (Wildman–Crippen LogP) is -0.814. The van der Waals surface area contributed by atoms with E-state index in [-0.39, 0.29) is 19.5 Å². The molecule has 0 aromatic carbocycles. The Morgan fingerprint density at radius 3 is 2.53 bits per heavy atom. The number of halogens is 2. The molecule has 1 aliphatic rings. The molecule has 1 aliphatic heterocycles. The van der Waals surface area contributed by atoms with Gasteiger partial charge in [-0.3, -0.25) is 0 Å². The summed E-state index contributed by atoms with van der Waals surface area (Å²) >= 11 is 0. The Morgan fingerprint density at radius 2 is 2.05 bits per heavy atom. The maximum atomic E-state index is 12.3. The topological polar surface area (TPSA) is 101 Å². The summed E-state index contributed by atoms with van der Waals surface area (Å²) in [5.41, 5.74) is 0. The lowest BCUT2D eigenvalue weighted by atomic mass is 10.2. The zero-order valence-corrected chi connectivity index (χ0v) is 10.1. The number of carboxylic acid groups (broad SMARTS) is 1. The maximum Gasteiger partial charge on any atom is 0.326 e. The van der Waals surface area contributed by atoms with Gasteiger partial charge in [0.2, 0.25) is 0 Å². The average molecular weight is 282 g/mol. The molecule has 1 rings (SSSR count). The van der Waals surface area contributed by atoms with Gasteiger partial charge >= 0.3 is 12.0 Å². The van der Waals surface area contributed by atoms with Crippen LogP contribution in [0.4, 0.5) is 13.6 Å². The van der Waals surface area contributed by atoms with Crippen molar-refractivity contribution < 1.29 is 33.7 Å². The Labute approximate surface area is 108 Å². The van der Waals surface area contributed by atoms with E-state index in [1.807, 2.05) is 0 Å². The van der Waals surface area contributed by atoms with Gasteiger partial charge < -0.3 is 25.1 Å². The van der Waals surface area contributed by atoms with Crippen LogP contribution >= 0.6 is 0 Å². The van der Waals surface area contributed by atoms with Crippen LogP contribution in [0.5, 0.6) is 0 Å². The van der Waals surface area contributed by atoms with Gasteiger partial charge in [-0.25, -0.2) is 18.4 Å². The van der Waals surface area contributed by atoms with E-state index in [4.69, 9.17) is 10.2 Å².